The highest BCUT2D eigenvalue weighted by atomic mass is 35.5. The molecule has 0 saturated heterocycles. The van der Waals surface area contributed by atoms with Crippen molar-refractivity contribution in [2.45, 2.75) is 117 Å². The van der Waals surface area contributed by atoms with E-state index in [0.29, 0.717) is 0 Å². The normalized spacial score (nSPS) is 14.9. The van der Waals surface area contributed by atoms with E-state index in [-0.39, 0.29) is 50.7 Å². The number of rotatable bonds is 6. The molecule has 212 valence electrons. The van der Waals surface area contributed by atoms with E-state index in [4.69, 9.17) is 23.2 Å². The molecule has 0 aliphatic rings. The highest BCUT2D eigenvalue weighted by Gasteiger charge is 2.35. The number of carbonyl (C=O) groups excluding carboxylic acids is 1. The first-order valence-corrected chi connectivity index (χ1v) is 14.5. The van der Waals surface area contributed by atoms with Gasteiger partial charge in [-0.1, -0.05) is 107 Å². The van der Waals surface area contributed by atoms with Gasteiger partial charge in [-0.2, -0.15) is 0 Å². The van der Waals surface area contributed by atoms with Crippen LogP contribution in [0.1, 0.15) is 128 Å². The lowest BCUT2D eigenvalue weighted by atomic mass is 9.74. The van der Waals surface area contributed by atoms with E-state index < -0.39 is 11.8 Å². The van der Waals surface area contributed by atoms with Crippen LogP contribution in [0.5, 0.6) is 11.5 Å². The molecule has 38 heavy (non-hydrogen) atoms. The van der Waals surface area contributed by atoms with Crippen LogP contribution >= 0.6 is 23.2 Å². The molecule has 0 radical (unpaired) electrons. The van der Waals surface area contributed by atoms with E-state index >= 15 is 0 Å². The van der Waals surface area contributed by atoms with Crippen molar-refractivity contribution in [3.8, 4) is 11.5 Å². The van der Waals surface area contributed by atoms with Crippen molar-refractivity contribution in [1.29, 1.82) is 0 Å². The molecule has 0 aliphatic carbocycles. The summed E-state index contributed by atoms with van der Waals surface area (Å²) in [5.41, 5.74) is 3.44. The molecule has 0 amide bonds. The average Bonchev–Trinajstić information content (AvgIpc) is 2.73. The molecule has 2 N–H and O–H groups in total. The minimum Gasteiger partial charge on any atom is -0.507 e. The fourth-order valence-corrected chi connectivity index (χ4v) is 5.56. The smallest absolute Gasteiger partial charge is 0.150 e. The number of alkyl halides is 2. The maximum atomic E-state index is 14.2. The zero-order valence-corrected chi connectivity index (χ0v) is 26.9. The first-order valence-electron chi connectivity index (χ1n) is 13.5. The van der Waals surface area contributed by atoms with Crippen LogP contribution in [0.2, 0.25) is 0 Å². The minimum atomic E-state index is -0.604. The van der Waals surface area contributed by atoms with Gasteiger partial charge in [0.2, 0.25) is 0 Å². The Labute approximate surface area is 241 Å². The van der Waals surface area contributed by atoms with Crippen LogP contribution in [-0.2, 0) is 26.5 Å². The van der Waals surface area contributed by atoms with Gasteiger partial charge in [0.1, 0.15) is 17.3 Å². The van der Waals surface area contributed by atoms with Crippen molar-refractivity contribution < 1.29 is 15.0 Å². The molecule has 0 bridgehead atoms. The van der Waals surface area contributed by atoms with Crippen molar-refractivity contribution in [3.63, 3.8) is 0 Å². The van der Waals surface area contributed by atoms with Crippen molar-refractivity contribution in [3.05, 3.63) is 57.6 Å². The number of hydrogen-bond donors (Lipinski definition) is 2. The molecule has 2 aromatic carbocycles. The second kappa shape index (κ2) is 11.0. The maximum Gasteiger partial charge on any atom is 0.150 e. The molecule has 0 fully saturated rings. The van der Waals surface area contributed by atoms with E-state index in [9.17, 15) is 15.0 Å². The Morgan fingerprint density at radius 1 is 0.579 bits per heavy atom. The summed E-state index contributed by atoms with van der Waals surface area (Å²) in [6.45, 7) is 24.6. The third kappa shape index (κ3) is 6.89. The number of benzene rings is 2. The topological polar surface area (TPSA) is 57.5 Å². The number of phenols is 2. The summed E-state index contributed by atoms with van der Waals surface area (Å²) in [6, 6.07) is 7.72. The van der Waals surface area contributed by atoms with Crippen LogP contribution < -0.4 is 0 Å². The summed E-state index contributed by atoms with van der Waals surface area (Å²) >= 11 is 13.0. The standard InChI is InChI=1S/C33H48Cl2O3/c1-30(2,3)23-13-19(14-24(28(23)37)31(4,5)6)21(17-34)27(36)22(18-35)20-15-25(32(7,8)9)29(38)26(16-20)33(10,11)12/h13-16,21-22,37-38H,17-18H2,1-12H3. The maximum absolute atomic E-state index is 14.2. The summed E-state index contributed by atoms with van der Waals surface area (Å²) in [4.78, 5) is 14.2. The Hall–Kier alpha value is -1.71. The quantitative estimate of drug-likeness (QED) is 0.345. The molecule has 2 aromatic rings. The highest BCUT2D eigenvalue weighted by Crippen LogP contribution is 2.44. The number of Topliss-reactive ketones (excluding diaryl/α,β-unsaturated/α-hetero) is 1. The number of phenolic OH excluding ortho intramolecular Hbond substituents is 2. The Kier molecular flexibility index (Phi) is 9.45. The molecule has 0 aliphatic heterocycles. The molecule has 2 unspecified atom stereocenters. The van der Waals surface area contributed by atoms with Crippen LogP contribution in [0, 0.1) is 0 Å². The van der Waals surface area contributed by atoms with Gasteiger partial charge in [-0.15, -0.1) is 23.2 Å². The number of ketones is 1. The molecule has 0 heterocycles. The predicted molar refractivity (Wildman–Crippen MR) is 163 cm³/mol. The van der Waals surface area contributed by atoms with Crippen LogP contribution in [-0.4, -0.2) is 27.8 Å². The summed E-state index contributed by atoms with van der Waals surface area (Å²) in [7, 11) is 0. The van der Waals surface area contributed by atoms with Gasteiger partial charge in [-0.05, 0) is 55.0 Å². The zero-order chi connectivity index (χ0) is 29.6. The van der Waals surface area contributed by atoms with Crippen molar-refractivity contribution in [2.24, 2.45) is 0 Å². The molecule has 5 heteroatoms. The van der Waals surface area contributed by atoms with Crippen LogP contribution in [0.25, 0.3) is 0 Å². The van der Waals surface area contributed by atoms with Gasteiger partial charge in [0.05, 0.1) is 11.8 Å². The van der Waals surface area contributed by atoms with Gasteiger partial charge in [-0.3, -0.25) is 4.79 Å². The molecule has 3 nitrogen and oxygen atoms in total. The average molecular weight is 564 g/mol. The van der Waals surface area contributed by atoms with Gasteiger partial charge >= 0.3 is 0 Å². The summed E-state index contributed by atoms with van der Waals surface area (Å²) in [6.07, 6.45) is 0. The Bertz CT molecular complexity index is 1010. The Morgan fingerprint density at radius 2 is 0.789 bits per heavy atom. The van der Waals surface area contributed by atoms with Crippen LogP contribution in [0.4, 0.5) is 0 Å². The fraction of sp³-hybridized carbons (Fsp3) is 0.606. The second-order valence-corrected chi connectivity index (χ2v) is 15.4. The monoisotopic (exact) mass is 562 g/mol. The lowest BCUT2D eigenvalue weighted by Crippen LogP contribution is -2.26. The first-order chi connectivity index (χ1) is 17.1. The number of carbonyl (C=O) groups is 1. The number of halogens is 2. The predicted octanol–water partition coefficient (Wildman–Crippen LogP) is 9.20. The highest BCUT2D eigenvalue weighted by molar-refractivity contribution is 6.22. The van der Waals surface area contributed by atoms with Crippen molar-refractivity contribution >= 4 is 29.0 Å². The van der Waals surface area contributed by atoms with Gasteiger partial charge in [0, 0.05) is 11.8 Å². The van der Waals surface area contributed by atoms with E-state index in [2.05, 4.69) is 83.1 Å². The van der Waals surface area contributed by atoms with Crippen LogP contribution in [0.3, 0.4) is 0 Å². The SMILES string of the molecule is CC(C)(C)c1cc(C(CCl)C(=O)C(CCl)c2cc(C(C)(C)C)c(O)c(C(C)(C)C)c2)cc(C(C)(C)C)c1O. The summed E-state index contributed by atoms with van der Waals surface area (Å²) < 4.78 is 0. The van der Waals surface area contributed by atoms with Gasteiger partial charge < -0.3 is 10.2 Å². The van der Waals surface area contributed by atoms with Crippen molar-refractivity contribution in [2.75, 3.05) is 11.8 Å². The Balaban J connectivity index is 2.78. The van der Waals surface area contributed by atoms with Gasteiger partial charge in [0.25, 0.3) is 0 Å². The van der Waals surface area contributed by atoms with E-state index in [1.807, 2.05) is 24.3 Å². The zero-order valence-electron chi connectivity index (χ0n) is 25.4. The lowest BCUT2D eigenvalue weighted by molar-refractivity contribution is -0.121. The molecule has 2 atom stereocenters. The molecule has 0 spiro atoms. The third-order valence-electron chi connectivity index (χ3n) is 7.30. The summed E-state index contributed by atoms with van der Waals surface area (Å²) in [5, 5.41) is 22.4. The summed E-state index contributed by atoms with van der Waals surface area (Å²) in [5.74, 6) is -0.536. The molecular weight excluding hydrogens is 515 g/mol. The first kappa shape index (κ1) is 32.5. The van der Waals surface area contributed by atoms with Crippen molar-refractivity contribution in [1.82, 2.24) is 0 Å². The largest absolute Gasteiger partial charge is 0.507 e. The Morgan fingerprint density at radius 3 is 0.947 bits per heavy atom. The molecular formula is C33H48Cl2O3. The van der Waals surface area contributed by atoms with E-state index in [1.165, 1.54) is 0 Å². The van der Waals surface area contributed by atoms with E-state index in [1.54, 1.807) is 0 Å². The second-order valence-electron chi connectivity index (χ2n) is 14.7. The van der Waals surface area contributed by atoms with Gasteiger partial charge in [0.15, 0.2) is 0 Å². The molecule has 0 saturated carbocycles. The third-order valence-corrected chi connectivity index (χ3v) is 7.91. The van der Waals surface area contributed by atoms with Crippen LogP contribution in [0.15, 0.2) is 24.3 Å². The number of aromatic hydroxyl groups is 2. The van der Waals surface area contributed by atoms with E-state index in [0.717, 1.165) is 33.4 Å². The minimum absolute atomic E-state index is 0.0641. The lowest BCUT2D eigenvalue weighted by Gasteiger charge is -2.31. The van der Waals surface area contributed by atoms with Gasteiger partial charge in [-0.25, -0.2) is 0 Å². The fourth-order valence-electron chi connectivity index (χ4n) is 4.90. The number of hydrogen-bond acceptors (Lipinski definition) is 3. The molecule has 2 rings (SSSR count). The molecule has 0 aromatic heterocycles.